The first kappa shape index (κ1) is 14.5. The largest absolute Gasteiger partial charge is 0.392 e. The van der Waals surface area contributed by atoms with E-state index in [1.165, 1.54) is 0 Å². The minimum atomic E-state index is -0.397. The third-order valence-electron chi connectivity index (χ3n) is 4.38. The second-order valence-corrected chi connectivity index (χ2v) is 6.36. The predicted octanol–water partition coefficient (Wildman–Crippen LogP) is 0.812. The Morgan fingerprint density at radius 3 is 2.95 bits per heavy atom. The van der Waals surface area contributed by atoms with Gasteiger partial charge in [-0.05, 0) is 24.0 Å². The van der Waals surface area contributed by atoms with Crippen LogP contribution in [0.15, 0.2) is 12.1 Å². The molecule has 2 aliphatic heterocycles. The molecule has 21 heavy (non-hydrogen) atoms. The number of hydrogen-bond acceptors (Lipinski definition) is 4. The van der Waals surface area contributed by atoms with Crippen LogP contribution in [0.1, 0.15) is 43.1 Å². The van der Waals surface area contributed by atoms with Crippen molar-refractivity contribution < 1.29 is 9.90 Å². The number of nitrogens with zero attached hydrogens (tertiary/aromatic N) is 2. The molecule has 1 aromatic rings. The average Bonchev–Trinajstić information content (AvgIpc) is 2.91. The van der Waals surface area contributed by atoms with Crippen molar-refractivity contribution in [1.29, 1.82) is 0 Å². The molecule has 2 aliphatic rings. The molecule has 1 fully saturated rings. The van der Waals surface area contributed by atoms with Gasteiger partial charge in [-0.25, -0.2) is 0 Å². The van der Waals surface area contributed by atoms with Gasteiger partial charge in [0.05, 0.1) is 12.1 Å². The van der Waals surface area contributed by atoms with Gasteiger partial charge in [0.1, 0.15) is 0 Å². The second-order valence-electron chi connectivity index (χ2n) is 6.36. The molecule has 3 rings (SSSR count). The van der Waals surface area contributed by atoms with E-state index in [2.05, 4.69) is 31.3 Å². The van der Waals surface area contributed by atoms with E-state index < -0.39 is 6.10 Å². The minimum Gasteiger partial charge on any atom is -0.392 e. The molecule has 0 saturated carbocycles. The monoisotopic (exact) mass is 289 g/mol. The van der Waals surface area contributed by atoms with Crippen molar-refractivity contribution in [3.63, 3.8) is 0 Å². The first-order chi connectivity index (χ1) is 10.0. The Balaban J connectivity index is 1.71. The molecular weight excluding hydrogens is 266 g/mol. The van der Waals surface area contributed by atoms with Crippen LogP contribution in [-0.4, -0.2) is 46.1 Å². The maximum atomic E-state index is 12.5. The summed E-state index contributed by atoms with van der Waals surface area (Å²) in [5, 5.41) is 12.6. The van der Waals surface area contributed by atoms with Gasteiger partial charge in [0.25, 0.3) is 0 Å². The van der Waals surface area contributed by atoms with Crippen LogP contribution in [0, 0.1) is 0 Å². The van der Waals surface area contributed by atoms with Gasteiger partial charge < -0.3 is 15.3 Å². The van der Waals surface area contributed by atoms with Crippen LogP contribution in [0.5, 0.6) is 0 Å². The van der Waals surface area contributed by atoms with Crippen molar-refractivity contribution in [1.82, 2.24) is 15.2 Å². The Bertz CT molecular complexity index is 544. The van der Waals surface area contributed by atoms with Crippen molar-refractivity contribution >= 4 is 5.91 Å². The molecule has 5 heteroatoms. The van der Waals surface area contributed by atoms with Crippen molar-refractivity contribution in [2.75, 3.05) is 13.1 Å². The van der Waals surface area contributed by atoms with Crippen molar-refractivity contribution in [2.45, 2.75) is 51.3 Å². The summed E-state index contributed by atoms with van der Waals surface area (Å²) in [4.78, 5) is 19.1. The zero-order valence-corrected chi connectivity index (χ0v) is 12.7. The van der Waals surface area contributed by atoms with Crippen molar-refractivity contribution in [3.8, 4) is 0 Å². The van der Waals surface area contributed by atoms with Crippen LogP contribution in [-0.2, 0) is 17.8 Å². The molecule has 0 aliphatic carbocycles. The number of hydrogen-bond donors (Lipinski definition) is 2. The fourth-order valence-electron chi connectivity index (χ4n) is 3.07. The first-order valence-corrected chi connectivity index (χ1v) is 7.73. The van der Waals surface area contributed by atoms with E-state index in [0.29, 0.717) is 32.0 Å². The summed E-state index contributed by atoms with van der Waals surface area (Å²) in [5.41, 5.74) is 3.40. The molecule has 0 aromatic carbocycles. The molecule has 1 amide bonds. The lowest BCUT2D eigenvalue weighted by Crippen LogP contribution is -2.45. The highest BCUT2D eigenvalue weighted by Gasteiger charge is 2.32. The van der Waals surface area contributed by atoms with E-state index in [9.17, 15) is 9.90 Å². The predicted molar refractivity (Wildman–Crippen MR) is 79.9 cm³/mol. The van der Waals surface area contributed by atoms with Gasteiger partial charge in [-0.2, -0.15) is 0 Å². The van der Waals surface area contributed by atoms with Crippen LogP contribution in [0.3, 0.4) is 0 Å². The molecule has 0 radical (unpaired) electrons. The minimum absolute atomic E-state index is 0.102. The summed E-state index contributed by atoms with van der Waals surface area (Å²) in [7, 11) is 0. The molecule has 2 atom stereocenters. The van der Waals surface area contributed by atoms with E-state index in [1.54, 1.807) is 0 Å². The number of carbonyl (C=O) groups is 1. The number of aliphatic hydroxyl groups excluding tert-OH is 1. The lowest BCUT2D eigenvalue weighted by molar-refractivity contribution is -0.134. The number of rotatable bonds is 2. The maximum absolute atomic E-state index is 12.5. The number of aromatic nitrogens is 1. The van der Waals surface area contributed by atoms with Crippen LogP contribution >= 0.6 is 0 Å². The number of pyridine rings is 1. The van der Waals surface area contributed by atoms with Gasteiger partial charge in [0.2, 0.25) is 5.91 Å². The standard InChI is InChI=1S/C16H23N3O2/c1-10(2)13-4-3-11-9-19(6-5-14(11)18-13)16(21)15-7-12(20)8-17-15/h3-4,10,12,15,17,20H,5-9H2,1-2H3/t12-,15-/m1/s1. The number of aliphatic hydroxyl groups is 1. The first-order valence-electron chi connectivity index (χ1n) is 7.73. The highest BCUT2D eigenvalue weighted by Crippen LogP contribution is 2.22. The number of amides is 1. The van der Waals surface area contributed by atoms with Crippen molar-refractivity contribution in [2.24, 2.45) is 0 Å². The van der Waals surface area contributed by atoms with Crippen molar-refractivity contribution in [3.05, 3.63) is 29.1 Å². The summed E-state index contributed by atoms with van der Waals surface area (Å²) >= 11 is 0. The molecule has 5 nitrogen and oxygen atoms in total. The molecule has 1 saturated heterocycles. The third-order valence-corrected chi connectivity index (χ3v) is 4.38. The number of β-amino-alcohol motifs (C(OH)–C–C–N with tert-alkyl or cyclic N) is 1. The Morgan fingerprint density at radius 2 is 2.29 bits per heavy atom. The maximum Gasteiger partial charge on any atom is 0.240 e. The summed E-state index contributed by atoms with van der Waals surface area (Å²) in [5.74, 6) is 0.532. The fourth-order valence-corrected chi connectivity index (χ4v) is 3.07. The normalized spacial score (nSPS) is 25.2. The van der Waals surface area contributed by atoms with E-state index in [0.717, 1.165) is 23.4 Å². The Morgan fingerprint density at radius 1 is 1.48 bits per heavy atom. The molecule has 114 valence electrons. The molecule has 0 bridgehead atoms. The summed E-state index contributed by atoms with van der Waals surface area (Å²) in [6.45, 7) is 6.15. The molecule has 3 heterocycles. The Labute approximate surface area is 125 Å². The van der Waals surface area contributed by atoms with E-state index in [1.807, 2.05) is 4.90 Å². The summed E-state index contributed by atoms with van der Waals surface area (Å²) in [6.07, 6.45) is 0.940. The quantitative estimate of drug-likeness (QED) is 0.846. The van der Waals surface area contributed by atoms with Gasteiger partial charge in [0.15, 0.2) is 0 Å². The molecule has 1 aromatic heterocycles. The SMILES string of the molecule is CC(C)c1ccc2c(n1)CCN(C(=O)[C@H]1C[C@@H](O)CN1)C2. The van der Waals surface area contributed by atoms with Gasteiger partial charge in [-0.15, -0.1) is 0 Å². The molecule has 0 unspecified atom stereocenters. The second kappa shape index (κ2) is 5.73. The number of nitrogens with one attached hydrogen (secondary N) is 1. The average molecular weight is 289 g/mol. The summed E-state index contributed by atoms with van der Waals surface area (Å²) in [6, 6.07) is 3.94. The Hall–Kier alpha value is -1.46. The third kappa shape index (κ3) is 2.94. The molecule has 2 N–H and O–H groups in total. The molecular formula is C16H23N3O2. The molecule has 0 spiro atoms. The van der Waals surface area contributed by atoms with Gasteiger partial charge in [0, 0.05) is 37.4 Å². The van der Waals surface area contributed by atoms with Gasteiger partial charge in [-0.3, -0.25) is 9.78 Å². The topological polar surface area (TPSA) is 65.5 Å². The van der Waals surface area contributed by atoms with Crippen LogP contribution in [0.4, 0.5) is 0 Å². The smallest absolute Gasteiger partial charge is 0.240 e. The fraction of sp³-hybridized carbons (Fsp3) is 0.625. The number of fused-ring (bicyclic) bond motifs is 1. The van der Waals surface area contributed by atoms with Gasteiger partial charge in [-0.1, -0.05) is 19.9 Å². The lowest BCUT2D eigenvalue weighted by Gasteiger charge is -2.30. The highest BCUT2D eigenvalue weighted by molar-refractivity contribution is 5.82. The lowest BCUT2D eigenvalue weighted by atomic mass is 10.0. The van der Waals surface area contributed by atoms with E-state index in [-0.39, 0.29) is 11.9 Å². The highest BCUT2D eigenvalue weighted by atomic mass is 16.3. The van der Waals surface area contributed by atoms with Gasteiger partial charge >= 0.3 is 0 Å². The zero-order valence-electron chi connectivity index (χ0n) is 12.7. The number of carbonyl (C=O) groups excluding carboxylic acids is 1. The van der Waals surface area contributed by atoms with E-state index >= 15 is 0 Å². The van der Waals surface area contributed by atoms with Crippen LogP contribution in [0.2, 0.25) is 0 Å². The van der Waals surface area contributed by atoms with E-state index in [4.69, 9.17) is 4.98 Å². The zero-order chi connectivity index (χ0) is 15.0. The Kier molecular flexibility index (Phi) is 3.95. The van der Waals surface area contributed by atoms with Crippen LogP contribution < -0.4 is 5.32 Å². The van der Waals surface area contributed by atoms with Crippen LogP contribution in [0.25, 0.3) is 0 Å². The summed E-state index contributed by atoms with van der Waals surface area (Å²) < 4.78 is 0.